The summed E-state index contributed by atoms with van der Waals surface area (Å²) in [4.78, 5) is 12.0. The third kappa shape index (κ3) is 7.13. The summed E-state index contributed by atoms with van der Waals surface area (Å²) < 4.78 is 12.1. The Morgan fingerprint density at radius 1 is 1.20 bits per heavy atom. The molecule has 0 unspecified atom stereocenters. The molecule has 4 nitrogen and oxygen atoms in total. The van der Waals surface area contributed by atoms with Crippen LogP contribution in [0.15, 0.2) is 18.2 Å². The van der Waals surface area contributed by atoms with Crippen molar-refractivity contribution in [3.8, 4) is 5.75 Å². The van der Waals surface area contributed by atoms with Gasteiger partial charge in [0.2, 0.25) is 0 Å². The van der Waals surface area contributed by atoms with Gasteiger partial charge in [-0.1, -0.05) is 26.0 Å². The van der Waals surface area contributed by atoms with E-state index in [9.17, 15) is 4.79 Å². The first-order valence-corrected chi connectivity index (χ1v) is 9.12. The number of ether oxygens (including phenoxy) is 2. The molecule has 1 saturated heterocycles. The number of likely N-dealkylation sites (tertiary alicyclic amines) is 1. The minimum Gasteiger partial charge on any atom is -1.00 e. The second-order valence-corrected chi connectivity index (χ2v) is 7.56. The molecule has 2 rings (SSSR count). The lowest BCUT2D eigenvalue weighted by atomic mass is 10.0. The zero-order chi connectivity index (χ0) is 17.6. The largest absolute Gasteiger partial charge is 1.00 e. The first-order chi connectivity index (χ1) is 11.4. The fourth-order valence-corrected chi connectivity index (χ4v) is 3.30. The van der Waals surface area contributed by atoms with Gasteiger partial charge in [0, 0.05) is 0 Å². The highest BCUT2D eigenvalue weighted by Crippen LogP contribution is 2.27. The molecule has 0 aromatic heterocycles. The molecular formula is C20H32INO3. The fraction of sp³-hybridized carbons (Fsp3) is 0.650. The topological polar surface area (TPSA) is 35.5 Å². The maximum atomic E-state index is 12.0. The van der Waals surface area contributed by atoms with Crippen LogP contribution in [0.1, 0.15) is 50.2 Å². The SMILES string of the molecule is Cc1ccc(C(C)C)c(OCC(=O)OCC[N+]2(C)CCCCC2)c1.[I-]. The number of likely N-dealkylation sites (N-methyl/N-ethyl adjacent to an activating group) is 1. The van der Waals surface area contributed by atoms with Crippen LogP contribution in [0.25, 0.3) is 0 Å². The molecule has 0 saturated carbocycles. The van der Waals surface area contributed by atoms with Gasteiger partial charge in [0.1, 0.15) is 18.9 Å². The Morgan fingerprint density at radius 3 is 2.52 bits per heavy atom. The minimum atomic E-state index is -0.283. The van der Waals surface area contributed by atoms with Crippen molar-refractivity contribution in [2.24, 2.45) is 0 Å². The quantitative estimate of drug-likeness (QED) is 0.341. The Labute approximate surface area is 169 Å². The van der Waals surface area contributed by atoms with Gasteiger partial charge in [-0.25, -0.2) is 4.79 Å². The van der Waals surface area contributed by atoms with E-state index in [1.54, 1.807) is 0 Å². The van der Waals surface area contributed by atoms with Crippen molar-refractivity contribution in [1.82, 2.24) is 0 Å². The summed E-state index contributed by atoms with van der Waals surface area (Å²) in [5.41, 5.74) is 2.25. The molecule has 0 aliphatic carbocycles. The van der Waals surface area contributed by atoms with Crippen LogP contribution >= 0.6 is 0 Å². The van der Waals surface area contributed by atoms with Crippen molar-refractivity contribution in [3.05, 3.63) is 29.3 Å². The van der Waals surface area contributed by atoms with Crippen LogP contribution in [0.3, 0.4) is 0 Å². The highest BCUT2D eigenvalue weighted by Gasteiger charge is 2.24. The van der Waals surface area contributed by atoms with Crippen LogP contribution in [-0.4, -0.2) is 50.3 Å². The number of nitrogens with zero attached hydrogens (tertiary/aromatic N) is 1. The Bertz CT molecular complexity index is 554. The van der Waals surface area contributed by atoms with E-state index in [1.807, 2.05) is 13.0 Å². The molecule has 1 aliphatic heterocycles. The number of carbonyl (C=O) groups is 1. The van der Waals surface area contributed by atoms with Crippen molar-refractivity contribution in [3.63, 3.8) is 0 Å². The highest BCUT2D eigenvalue weighted by atomic mass is 127. The summed E-state index contributed by atoms with van der Waals surface area (Å²) in [5, 5.41) is 0. The standard InChI is InChI=1S/C20H32NO3.HI/c1-16(2)18-9-8-17(3)14-19(18)24-15-20(22)23-13-12-21(4)10-6-5-7-11-21;/h8-9,14,16H,5-7,10-13,15H2,1-4H3;1H/q+1;/p-1. The normalized spacial score (nSPS) is 16.2. The first-order valence-electron chi connectivity index (χ1n) is 9.12. The smallest absolute Gasteiger partial charge is 0.344 e. The average Bonchev–Trinajstić information content (AvgIpc) is 2.53. The molecule has 1 aliphatic rings. The molecule has 1 aromatic carbocycles. The second kappa shape index (κ2) is 10.4. The lowest BCUT2D eigenvalue weighted by Crippen LogP contribution is -3.00. The summed E-state index contributed by atoms with van der Waals surface area (Å²) in [6.07, 6.45) is 3.88. The number of quaternary nitrogens is 1. The average molecular weight is 461 g/mol. The van der Waals surface area contributed by atoms with Crippen molar-refractivity contribution >= 4 is 5.97 Å². The Kier molecular flexibility index (Phi) is 9.21. The van der Waals surface area contributed by atoms with Gasteiger partial charge in [0.15, 0.2) is 6.61 Å². The summed E-state index contributed by atoms with van der Waals surface area (Å²) in [7, 11) is 2.26. The third-order valence-electron chi connectivity index (χ3n) is 4.93. The Balaban J connectivity index is 0.00000312. The van der Waals surface area contributed by atoms with E-state index in [-0.39, 0.29) is 36.6 Å². The number of carbonyl (C=O) groups excluding carboxylic acids is 1. The first kappa shape index (κ1) is 22.2. The molecule has 0 spiro atoms. The molecule has 0 N–H and O–H groups in total. The number of piperidine rings is 1. The maximum absolute atomic E-state index is 12.0. The summed E-state index contributed by atoms with van der Waals surface area (Å²) in [6.45, 7) is 10.0. The molecule has 1 aromatic rings. The summed E-state index contributed by atoms with van der Waals surface area (Å²) >= 11 is 0. The number of rotatable bonds is 7. The number of aryl methyl sites for hydroxylation is 1. The molecule has 0 amide bonds. The van der Waals surface area contributed by atoms with Crippen LogP contribution < -0.4 is 28.7 Å². The van der Waals surface area contributed by atoms with E-state index in [1.165, 1.54) is 32.4 Å². The van der Waals surface area contributed by atoms with Gasteiger partial charge in [0.05, 0.1) is 20.1 Å². The molecule has 0 atom stereocenters. The fourth-order valence-electron chi connectivity index (χ4n) is 3.30. The Hall–Kier alpha value is -0.820. The third-order valence-corrected chi connectivity index (χ3v) is 4.93. The lowest BCUT2D eigenvalue weighted by molar-refractivity contribution is -0.914. The van der Waals surface area contributed by atoms with E-state index in [4.69, 9.17) is 9.47 Å². The number of esters is 1. The molecular weight excluding hydrogens is 429 g/mol. The number of halogens is 1. The van der Waals surface area contributed by atoms with Gasteiger partial charge >= 0.3 is 5.97 Å². The molecule has 5 heteroatoms. The van der Waals surface area contributed by atoms with Crippen LogP contribution in [0.2, 0.25) is 0 Å². The van der Waals surface area contributed by atoms with Gasteiger partial charge in [0.25, 0.3) is 0 Å². The van der Waals surface area contributed by atoms with E-state index >= 15 is 0 Å². The summed E-state index contributed by atoms with van der Waals surface area (Å²) in [5.74, 6) is 0.868. The van der Waals surface area contributed by atoms with Gasteiger partial charge < -0.3 is 37.9 Å². The predicted octanol–water partition coefficient (Wildman–Crippen LogP) is 0.675. The van der Waals surface area contributed by atoms with Crippen molar-refractivity contribution in [1.29, 1.82) is 0 Å². The highest BCUT2D eigenvalue weighted by molar-refractivity contribution is 5.71. The van der Waals surface area contributed by atoms with Gasteiger partial charge in [-0.2, -0.15) is 0 Å². The van der Waals surface area contributed by atoms with E-state index in [0.29, 0.717) is 12.5 Å². The van der Waals surface area contributed by atoms with Gasteiger partial charge in [-0.3, -0.25) is 0 Å². The van der Waals surface area contributed by atoms with E-state index in [2.05, 4.69) is 33.0 Å². The monoisotopic (exact) mass is 461 g/mol. The van der Waals surface area contributed by atoms with E-state index in [0.717, 1.165) is 27.9 Å². The zero-order valence-corrected chi connectivity index (χ0v) is 18.2. The Morgan fingerprint density at radius 2 is 1.88 bits per heavy atom. The number of hydrogen-bond donors (Lipinski definition) is 0. The van der Waals surface area contributed by atoms with Crippen molar-refractivity contribution in [2.45, 2.75) is 46.0 Å². The number of benzene rings is 1. The molecule has 25 heavy (non-hydrogen) atoms. The van der Waals surface area contributed by atoms with Crippen LogP contribution in [0, 0.1) is 6.92 Å². The van der Waals surface area contributed by atoms with Gasteiger partial charge in [-0.05, 0) is 49.3 Å². The number of hydrogen-bond acceptors (Lipinski definition) is 3. The van der Waals surface area contributed by atoms with Crippen molar-refractivity contribution < 1.29 is 42.7 Å². The lowest BCUT2D eigenvalue weighted by Gasteiger charge is -2.37. The predicted molar refractivity (Wildman–Crippen MR) is 96.4 cm³/mol. The van der Waals surface area contributed by atoms with Gasteiger partial charge in [-0.15, -0.1) is 0 Å². The molecule has 142 valence electrons. The van der Waals surface area contributed by atoms with E-state index < -0.39 is 0 Å². The maximum Gasteiger partial charge on any atom is 0.344 e. The summed E-state index contributed by atoms with van der Waals surface area (Å²) in [6, 6.07) is 6.13. The van der Waals surface area contributed by atoms with Crippen LogP contribution in [0.4, 0.5) is 0 Å². The van der Waals surface area contributed by atoms with Crippen LogP contribution in [-0.2, 0) is 9.53 Å². The minimum absolute atomic E-state index is 0. The van der Waals surface area contributed by atoms with Crippen LogP contribution in [0.5, 0.6) is 5.75 Å². The molecule has 0 radical (unpaired) electrons. The molecule has 1 fully saturated rings. The second-order valence-electron chi connectivity index (χ2n) is 7.56. The molecule has 0 bridgehead atoms. The zero-order valence-electron chi connectivity index (χ0n) is 16.0. The van der Waals surface area contributed by atoms with Crippen molar-refractivity contribution in [2.75, 3.05) is 39.9 Å². The molecule has 1 heterocycles.